The van der Waals surface area contributed by atoms with E-state index in [1.165, 1.54) is 30.2 Å². The molecular weight excluding hydrogens is 435 g/mol. The summed E-state index contributed by atoms with van der Waals surface area (Å²) in [5.41, 5.74) is 7.21. The molecule has 0 unspecified atom stereocenters. The number of methoxy groups -OCH3 is 1. The quantitative estimate of drug-likeness (QED) is 0.290. The van der Waals surface area contributed by atoms with Crippen LogP contribution >= 0.6 is 15.9 Å². The van der Waals surface area contributed by atoms with E-state index in [0.717, 1.165) is 0 Å². The molecule has 0 N–H and O–H groups in total. The van der Waals surface area contributed by atoms with Gasteiger partial charge in [0, 0.05) is 17.9 Å². The summed E-state index contributed by atoms with van der Waals surface area (Å²) in [5.74, 6) is -1.10. The van der Waals surface area contributed by atoms with Gasteiger partial charge in [0.2, 0.25) is 0 Å². The molecule has 1 saturated heterocycles. The van der Waals surface area contributed by atoms with Crippen LogP contribution < -0.4 is 0 Å². The fourth-order valence-electron chi connectivity index (χ4n) is 3.28. The highest BCUT2D eigenvalue weighted by molar-refractivity contribution is 9.10. The van der Waals surface area contributed by atoms with Crippen LogP contribution in [0.25, 0.3) is 10.4 Å². The largest absolute Gasteiger partial charge is 0.467 e. The summed E-state index contributed by atoms with van der Waals surface area (Å²) in [5, 5.41) is 3.69. The molecule has 2 atom stereocenters. The number of hydrogen-bond donors (Lipinski definition) is 0. The van der Waals surface area contributed by atoms with E-state index in [2.05, 4.69) is 26.0 Å². The van der Waals surface area contributed by atoms with Crippen LogP contribution in [0.5, 0.6) is 0 Å². The fourth-order valence-corrected chi connectivity index (χ4v) is 3.70. The first-order valence-corrected chi connectivity index (χ1v) is 9.39. The van der Waals surface area contributed by atoms with Gasteiger partial charge in [-0.15, -0.1) is 0 Å². The van der Waals surface area contributed by atoms with Crippen molar-refractivity contribution in [3.05, 3.63) is 44.5 Å². The number of rotatable bonds is 4. The predicted octanol–water partition coefficient (Wildman–Crippen LogP) is 4.36. The van der Waals surface area contributed by atoms with Crippen LogP contribution in [-0.4, -0.2) is 47.8 Å². The molecule has 28 heavy (non-hydrogen) atoms. The molecule has 10 heteroatoms. The van der Waals surface area contributed by atoms with E-state index in [1.54, 1.807) is 20.8 Å². The van der Waals surface area contributed by atoms with Crippen molar-refractivity contribution in [1.29, 1.82) is 0 Å². The molecule has 1 aromatic rings. The van der Waals surface area contributed by atoms with Crippen molar-refractivity contribution in [2.45, 2.75) is 50.8 Å². The summed E-state index contributed by atoms with van der Waals surface area (Å²) in [6.07, 6.45) is -0.595. The van der Waals surface area contributed by atoms with E-state index in [0.29, 0.717) is 5.56 Å². The molecule has 0 saturated carbocycles. The molecule has 1 heterocycles. The second-order valence-corrected chi connectivity index (χ2v) is 8.46. The summed E-state index contributed by atoms with van der Waals surface area (Å²) in [6, 6.07) is 3.70. The average molecular weight is 457 g/mol. The fraction of sp³-hybridized carbons (Fsp3) is 0.556. The van der Waals surface area contributed by atoms with Crippen LogP contribution in [0.1, 0.15) is 32.8 Å². The predicted molar refractivity (Wildman–Crippen MR) is 103 cm³/mol. The molecular formula is C18H22BrFN4O4. The van der Waals surface area contributed by atoms with Gasteiger partial charge in [0.1, 0.15) is 17.0 Å². The topological polar surface area (TPSA) is 105 Å². The molecule has 1 amide bonds. The van der Waals surface area contributed by atoms with Crippen LogP contribution in [0.4, 0.5) is 9.18 Å². The highest BCUT2D eigenvalue weighted by Crippen LogP contribution is 2.37. The van der Waals surface area contributed by atoms with Crippen LogP contribution in [0, 0.1) is 5.82 Å². The SMILES string of the molecule is COC(=O)[C@]1(Cc2ccc(F)c(Br)c2)C[C@@H](N=[N+]=[N-])CN1C(=O)OC(C)(C)C. The zero-order valence-electron chi connectivity index (χ0n) is 16.1. The Hall–Kier alpha value is -2.32. The number of esters is 1. The Morgan fingerprint density at radius 1 is 1.46 bits per heavy atom. The van der Waals surface area contributed by atoms with Crippen LogP contribution in [0.15, 0.2) is 27.8 Å². The van der Waals surface area contributed by atoms with Crippen molar-refractivity contribution in [3.8, 4) is 0 Å². The summed E-state index contributed by atoms with van der Waals surface area (Å²) in [4.78, 5) is 29.7. The maximum Gasteiger partial charge on any atom is 0.411 e. The maximum absolute atomic E-state index is 13.6. The third kappa shape index (κ3) is 4.74. The Labute approximate surface area is 170 Å². The van der Waals surface area contributed by atoms with Crippen molar-refractivity contribution in [1.82, 2.24) is 4.90 Å². The van der Waals surface area contributed by atoms with Crippen molar-refractivity contribution in [2.75, 3.05) is 13.7 Å². The second-order valence-electron chi connectivity index (χ2n) is 7.60. The Morgan fingerprint density at radius 3 is 2.68 bits per heavy atom. The van der Waals surface area contributed by atoms with Crippen LogP contribution in [0.2, 0.25) is 0 Å². The number of nitrogens with zero attached hydrogens (tertiary/aromatic N) is 4. The lowest BCUT2D eigenvalue weighted by atomic mass is 9.87. The second kappa shape index (κ2) is 8.36. The molecule has 2 rings (SSSR count). The third-order valence-corrected chi connectivity index (χ3v) is 4.97. The van der Waals surface area contributed by atoms with E-state index >= 15 is 0 Å². The number of ether oxygens (including phenoxy) is 2. The number of azide groups is 1. The molecule has 152 valence electrons. The molecule has 0 aliphatic carbocycles. The first kappa shape index (κ1) is 22.0. The van der Waals surface area contributed by atoms with Crippen molar-refractivity contribution in [3.63, 3.8) is 0 Å². The van der Waals surface area contributed by atoms with E-state index in [9.17, 15) is 14.0 Å². The van der Waals surface area contributed by atoms with Gasteiger partial charge in [-0.3, -0.25) is 4.90 Å². The number of likely N-dealkylation sites (tertiary alicyclic amines) is 1. The zero-order chi connectivity index (χ0) is 21.1. The summed E-state index contributed by atoms with van der Waals surface area (Å²) in [7, 11) is 1.22. The lowest BCUT2D eigenvalue weighted by Crippen LogP contribution is -2.56. The van der Waals surface area contributed by atoms with Gasteiger partial charge < -0.3 is 9.47 Å². The average Bonchev–Trinajstić information content (AvgIpc) is 2.96. The lowest BCUT2D eigenvalue weighted by molar-refractivity contribution is -0.153. The highest BCUT2D eigenvalue weighted by Gasteiger charge is 2.55. The minimum absolute atomic E-state index is 0.0104. The molecule has 0 radical (unpaired) electrons. The molecule has 1 aliphatic heterocycles. The zero-order valence-corrected chi connectivity index (χ0v) is 17.7. The van der Waals surface area contributed by atoms with Crippen molar-refractivity contribution < 1.29 is 23.5 Å². The standard InChI is InChI=1S/C18H22BrFN4O4/c1-17(2,3)28-16(26)24-10-12(22-23-21)9-18(24,15(25)27-4)8-11-5-6-14(20)13(19)7-11/h5-7,12H,8-10H2,1-4H3/t12-,18+/m1/s1. The van der Waals surface area contributed by atoms with Gasteiger partial charge in [-0.1, -0.05) is 11.2 Å². The van der Waals surface area contributed by atoms with Gasteiger partial charge in [0.15, 0.2) is 0 Å². The summed E-state index contributed by atoms with van der Waals surface area (Å²) >= 11 is 3.12. The molecule has 0 bridgehead atoms. The summed E-state index contributed by atoms with van der Waals surface area (Å²) in [6.45, 7) is 5.14. The smallest absolute Gasteiger partial charge is 0.411 e. The van der Waals surface area contributed by atoms with E-state index in [1.807, 2.05) is 0 Å². The number of carbonyl (C=O) groups is 2. The van der Waals surface area contributed by atoms with Gasteiger partial charge in [-0.05, 0) is 66.3 Å². The number of amides is 1. The van der Waals surface area contributed by atoms with Crippen LogP contribution in [-0.2, 0) is 20.7 Å². The number of carbonyl (C=O) groups excluding carboxylic acids is 2. The number of benzene rings is 1. The highest BCUT2D eigenvalue weighted by atomic mass is 79.9. The Balaban J connectivity index is 2.50. The maximum atomic E-state index is 13.6. The molecule has 1 aromatic carbocycles. The first-order chi connectivity index (χ1) is 13.0. The van der Waals surface area contributed by atoms with E-state index in [4.69, 9.17) is 15.0 Å². The molecule has 0 spiro atoms. The van der Waals surface area contributed by atoms with Crippen molar-refractivity contribution in [2.24, 2.45) is 5.11 Å². The monoisotopic (exact) mass is 456 g/mol. The third-order valence-electron chi connectivity index (χ3n) is 4.36. The first-order valence-electron chi connectivity index (χ1n) is 8.59. The molecule has 0 aromatic heterocycles. The minimum Gasteiger partial charge on any atom is -0.467 e. The van der Waals surface area contributed by atoms with Gasteiger partial charge in [0.05, 0.1) is 17.6 Å². The van der Waals surface area contributed by atoms with Crippen LogP contribution in [0.3, 0.4) is 0 Å². The summed E-state index contributed by atoms with van der Waals surface area (Å²) < 4.78 is 24.3. The molecule has 1 aliphatic rings. The van der Waals surface area contributed by atoms with Gasteiger partial charge in [-0.2, -0.15) is 0 Å². The minimum atomic E-state index is -1.44. The van der Waals surface area contributed by atoms with Gasteiger partial charge >= 0.3 is 12.1 Å². The van der Waals surface area contributed by atoms with E-state index in [-0.39, 0.29) is 23.9 Å². The lowest BCUT2D eigenvalue weighted by Gasteiger charge is -2.36. The normalized spacial score (nSPS) is 21.8. The Bertz CT molecular complexity index is 822. The molecule has 8 nitrogen and oxygen atoms in total. The van der Waals surface area contributed by atoms with Gasteiger partial charge in [-0.25, -0.2) is 14.0 Å². The number of hydrogen-bond acceptors (Lipinski definition) is 5. The number of halogens is 2. The van der Waals surface area contributed by atoms with E-state index < -0.39 is 35.1 Å². The Morgan fingerprint density at radius 2 is 2.14 bits per heavy atom. The molecule has 1 fully saturated rings. The Kier molecular flexibility index (Phi) is 6.56. The van der Waals surface area contributed by atoms with Gasteiger partial charge in [0.25, 0.3) is 0 Å². The van der Waals surface area contributed by atoms with Crippen molar-refractivity contribution >= 4 is 28.0 Å².